The summed E-state index contributed by atoms with van der Waals surface area (Å²) in [6.45, 7) is 2.86. The van der Waals surface area contributed by atoms with Gasteiger partial charge in [-0.15, -0.1) is 0 Å². The summed E-state index contributed by atoms with van der Waals surface area (Å²) >= 11 is 0. The number of hydrogen-bond donors (Lipinski definition) is 1. The molecule has 2 N–H and O–H groups in total. The van der Waals surface area contributed by atoms with Gasteiger partial charge in [0.05, 0.1) is 37.9 Å². The summed E-state index contributed by atoms with van der Waals surface area (Å²) in [5.74, 6) is -1.25. The summed E-state index contributed by atoms with van der Waals surface area (Å²) in [5, 5.41) is 14.6. The lowest BCUT2D eigenvalue weighted by molar-refractivity contribution is -0.168. The van der Waals surface area contributed by atoms with E-state index in [1.54, 1.807) is 19.9 Å². The molecule has 14 heteroatoms. The van der Waals surface area contributed by atoms with Crippen LogP contribution in [0.2, 0.25) is 0 Å². The molecule has 4 rings (SSSR count). The van der Waals surface area contributed by atoms with Crippen molar-refractivity contribution >= 4 is 29.4 Å². The molecule has 0 amide bonds. The molecule has 0 aromatic carbocycles. The zero-order valence-electron chi connectivity index (χ0n) is 19.6. The minimum absolute atomic E-state index is 0.00924. The van der Waals surface area contributed by atoms with Crippen molar-refractivity contribution < 1.29 is 42.8 Å². The van der Waals surface area contributed by atoms with Crippen molar-refractivity contribution in [2.45, 2.75) is 56.7 Å². The van der Waals surface area contributed by atoms with Crippen LogP contribution < -0.4 is 5.73 Å². The maximum Gasteiger partial charge on any atom is 0.508 e. The lowest BCUT2D eigenvalue weighted by Crippen LogP contribution is -2.46. The van der Waals surface area contributed by atoms with E-state index in [-0.39, 0.29) is 37.6 Å². The van der Waals surface area contributed by atoms with Crippen molar-refractivity contribution in [3.05, 3.63) is 24.2 Å². The fourth-order valence-corrected chi connectivity index (χ4v) is 4.00. The van der Waals surface area contributed by atoms with Crippen LogP contribution in [0.4, 0.5) is 10.6 Å². The Hall–Kier alpha value is -3.96. The number of anilines is 1. The molecule has 0 unspecified atom stereocenters. The molecule has 0 radical (unpaired) electrons. The second kappa shape index (κ2) is 10.3. The highest BCUT2D eigenvalue weighted by molar-refractivity contribution is 5.72. The van der Waals surface area contributed by atoms with Crippen LogP contribution >= 0.6 is 0 Å². The number of rotatable bonds is 4. The van der Waals surface area contributed by atoms with Crippen molar-refractivity contribution in [3.63, 3.8) is 0 Å². The zero-order valence-corrected chi connectivity index (χ0v) is 19.6. The van der Waals surface area contributed by atoms with Crippen LogP contribution in [0.25, 0.3) is 5.52 Å². The van der Waals surface area contributed by atoms with E-state index >= 15 is 0 Å². The summed E-state index contributed by atoms with van der Waals surface area (Å²) in [4.78, 5) is 41.2. The first-order valence-corrected chi connectivity index (χ1v) is 11.2. The Morgan fingerprint density at radius 1 is 1.28 bits per heavy atom. The summed E-state index contributed by atoms with van der Waals surface area (Å²) in [6, 6.07) is 5.14. The van der Waals surface area contributed by atoms with Crippen LogP contribution in [0, 0.1) is 11.3 Å². The monoisotopic (exact) mass is 503 g/mol. The number of hydrogen-bond acceptors (Lipinski definition) is 13. The first kappa shape index (κ1) is 25.1. The van der Waals surface area contributed by atoms with E-state index in [0.717, 1.165) is 0 Å². The van der Waals surface area contributed by atoms with E-state index in [2.05, 4.69) is 16.2 Å². The van der Waals surface area contributed by atoms with Crippen LogP contribution in [0.1, 0.15) is 32.4 Å². The molecule has 2 saturated heterocycles. The Kier molecular flexibility index (Phi) is 7.22. The predicted octanol–water partition coefficient (Wildman–Crippen LogP) is 0.625. The smallest absolute Gasteiger partial charge is 0.455 e. The molecule has 2 aliphatic rings. The highest BCUT2D eigenvalue weighted by atomic mass is 16.7. The molecular weight excluding hydrogens is 478 g/mol. The number of nitrogen functional groups attached to an aromatic ring is 1. The third kappa shape index (κ3) is 4.88. The van der Waals surface area contributed by atoms with E-state index in [4.69, 9.17) is 34.2 Å². The van der Waals surface area contributed by atoms with Gasteiger partial charge in [-0.05, 0) is 26.0 Å². The van der Waals surface area contributed by atoms with E-state index in [1.165, 1.54) is 16.9 Å². The normalized spacial score (nSPS) is 26.9. The number of carbonyl (C=O) groups excluding carboxylic acids is 3. The van der Waals surface area contributed by atoms with Gasteiger partial charge in [-0.25, -0.2) is 14.3 Å². The molecule has 36 heavy (non-hydrogen) atoms. The molecule has 4 heterocycles. The van der Waals surface area contributed by atoms with Crippen LogP contribution in [-0.2, 0) is 43.6 Å². The van der Waals surface area contributed by atoms with Gasteiger partial charge in [0.1, 0.15) is 30.6 Å². The number of nitrogens with zero attached hydrogens (tertiary/aromatic N) is 4. The minimum Gasteiger partial charge on any atom is -0.455 e. The molecule has 4 atom stereocenters. The van der Waals surface area contributed by atoms with Gasteiger partial charge in [-0.3, -0.25) is 9.59 Å². The highest BCUT2D eigenvalue weighted by Crippen LogP contribution is 2.44. The van der Waals surface area contributed by atoms with E-state index in [0.29, 0.717) is 5.52 Å². The SMILES string of the molecule is CC(C)OC(=O)OC[C@H]1O[C@@](C#N)(c2ccc3c(N)ncnn23)[C@@H]2OC(=O)CCOCCC(=O)O[C@@H]21. The maximum absolute atomic E-state index is 12.7. The fourth-order valence-electron chi connectivity index (χ4n) is 4.00. The maximum atomic E-state index is 12.7. The number of nitriles is 1. The minimum atomic E-state index is -2.02. The molecule has 192 valence electrons. The van der Waals surface area contributed by atoms with Crippen LogP contribution in [0.3, 0.4) is 0 Å². The molecule has 0 aliphatic carbocycles. The van der Waals surface area contributed by atoms with Crippen molar-refractivity contribution in [2.75, 3.05) is 25.6 Å². The number of fused-ring (bicyclic) bond motifs is 2. The third-order valence-electron chi connectivity index (χ3n) is 5.56. The third-order valence-corrected chi connectivity index (χ3v) is 5.56. The van der Waals surface area contributed by atoms with E-state index < -0.39 is 54.7 Å². The Morgan fingerprint density at radius 3 is 2.69 bits per heavy atom. The number of carbonyl (C=O) groups is 3. The van der Waals surface area contributed by atoms with Gasteiger partial charge in [-0.1, -0.05) is 0 Å². The van der Waals surface area contributed by atoms with Gasteiger partial charge in [0, 0.05) is 0 Å². The lowest BCUT2D eigenvalue weighted by Gasteiger charge is -2.28. The largest absolute Gasteiger partial charge is 0.508 e. The molecule has 0 spiro atoms. The number of ether oxygens (including phenoxy) is 6. The highest BCUT2D eigenvalue weighted by Gasteiger charge is 2.62. The van der Waals surface area contributed by atoms with E-state index in [9.17, 15) is 19.6 Å². The van der Waals surface area contributed by atoms with Gasteiger partial charge in [0.15, 0.2) is 18.0 Å². The number of nitrogens with two attached hydrogens (primary N) is 1. The first-order chi connectivity index (χ1) is 17.2. The molecule has 14 nitrogen and oxygen atoms in total. The Balaban J connectivity index is 1.78. The Morgan fingerprint density at radius 2 is 2.00 bits per heavy atom. The zero-order chi connectivity index (χ0) is 25.9. The molecule has 0 saturated carbocycles. The predicted molar refractivity (Wildman–Crippen MR) is 117 cm³/mol. The summed E-state index contributed by atoms with van der Waals surface area (Å²) < 4.78 is 34.1. The van der Waals surface area contributed by atoms with Crippen LogP contribution in [-0.4, -0.2) is 76.9 Å². The quantitative estimate of drug-likeness (QED) is 0.452. The Bertz CT molecular complexity index is 1190. The second-order valence-electron chi connectivity index (χ2n) is 8.37. The molecule has 2 fully saturated rings. The van der Waals surface area contributed by atoms with Gasteiger partial charge in [0.2, 0.25) is 5.60 Å². The topological polar surface area (TPSA) is 187 Å². The van der Waals surface area contributed by atoms with Crippen molar-refractivity contribution in [2.24, 2.45) is 0 Å². The molecular formula is C22H25N5O9. The summed E-state index contributed by atoms with van der Waals surface area (Å²) in [5.41, 5.74) is 4.44. The van der Waals surface area contributed by atoms with Crippen molar-refractivity contribution in [3.8, 4) is 6.07 Å². The van der Waals surface area contributed by atoms with E-state index in [1.807, 2.05) is 0 Å². The number of aromatic nitrogens is 3. The second-order valence-corrected chi connectivity index (χ2v) is 8.37. The van der Waals surface area contributed by atoms with Gasteiger partial charge in [-0.2, -0.15) is 10.4 Å². The lowest BCUT2D eigenvalue weighted by atomic mass is 9.92. The molecule has 2 aromatic rings. The van der Waals surface area contributed by atoms with Crippen molar-refractivity contribution in [1.82, 2.24) is 14.6 Å². The van der Waals surface area contributed by atoms with Gasteiger partial charge in [0.25, 0.3) is 0 Å². The van der Waals surface area contributed by atoms with Crippen LogP contribution in [0.5, 0.6) is 0 Å². The molecule has 2 aromatic heterocycles. The fraction of sp³-hybridized carbons (Fsp3) is 0.545. The first-order valence-electron chi connectivity index (χ1n) is 11.2. The molecule has 2 aliphatic heterocycles. The van der Waals surface area contributed by atoms with Crippen LogP contribution in [0.15, 0.2) is 18.5 Å². The average Bonchev–Trinajstić information content (AvgIpc) is 3.37. The standard InChI is InChI=1S/C22H25N5O9/c1-12(2)33-21(30)32-9-14-18-19(35-17(29)6-8-31-7-5-16(28)34-18)22(10-23,36-14)15-4-3-13-20(24)25-11-26-27(13)15/h3-4,11-12,14,18-19H,5-9H2,1-2H3,(H2,24,25,26)/t14-,18-,19-,22+/m1/s1. The van der Waals surface area contributed by atoms with Crippen molar-refractivity contribution in [1.29, 1.82) is 5.26 Å². The number of esters is 2. The average molecular weight is 503 g/mol. The summed E-state index contributed by atoms with van der Waals surface area (Å²) in [7, 11) is 0. The summed E-state index contributed by atoms with van der Waals surface area (Å²) in [6.07, 6.45) is -4.44. The van der Waals surface area contributed by atoms with Gasteiger partial charge < -0.3 is 34.2 Å². The Labute approximate surface area is 205 Å². The molecule has 0 bridgehead atoms. The van der Waals surface area contributed by atoms with Gasteiger partial charge >= 0.3 is 18.1 Å².